The lowest BCUT2D eigenvalue weighted by molar-refractivity contribution is -0.156. The summed E-state index contributed by atoms with van der Waals surface area (Å²) in [5, 5.41) is 2.71. The minimum atomic E-state index is -0.900. The van der Waals surface area contributed by atoms with Gasteiger partial charge in [0.25, 0.3) is 5.91 Å². The minimum absolute atomic E-state index is 0.0401. The van der Waals surface area contributed by atoms with E-state index in [4.69, 9.17) is 14.2 Å². The molecule has 0 saturated carbocycles. The van der Waals surface area contributed by atoms with E-state index < -0.39 is 24.6 Å². The standard InChI is InChI=1S/C23H19NO5/c25-22(24-18-12-10-17(11-13-18)16-6-2-1-3-7-16)15-28-23(26)21-14-27-19-8-4-5-9-20(19)29-21/h1-13,21H,14-15H2,(H,24,25)/t21-/m1/s1. The van der Waals surface area contributed by atoms with Crippen LogP contribution in [0, 0.1) is 0 Å². The van der Waals surface area contributed by atoms with Crippen molar-refractivity contribution in [3.05, 3.63) is 78.9 Å². The van der Waals surface area contributed by atoms with E-state index in [0.29, 0.717) is 17.2 Å². The van der Waals surface area contributed by atoms with Gasteiger partial charge in [-0.05, 0) is 35.4 Å². The number of rotatable bonds is 5. The number of hydrogen-bond acceptors (Lipinski definition) is 5. The topological polar surface area (TPSA) is 73.9 Å². The molecule has 0 aliphatic carbocycles. The number of hydrogen-bond donors (Lipinski definition) is 1. The lowest BCUT2D eigenvalue weighted by Gasteiger charge is -2.24. The molecule has 3 aromatic rings. The number of para-hydroxylation sites is 2. The summed E-state index contributed by atoms with van der Waals surface area (Å²) >= 11 is 0. The molecule has 29 heavy (non-hydrogen) atoms. The summed E-state index contributed by atoms with van der Waals surface area (Å²) in [7, 11) is 0. The third kappa shape index (κ3) is 4.55. The first-order valence-electron chi connectivity index (χ1n) is 9.19. The number of benzene rings is 3. The Morgan fingerprint density at radius 2 is 1.52 bits per heavy atom. The van der Waals surface area contributed by atoms with Crippen LogP contribution in [0.1, 0.15) is 0 Å². The molecule has 6 nitrogen and oxygen atoms in total. The number of nitrogens with one attached hydrogen (secondary N) is 1. The Kier molecular flexibility index (Phi) is 5.42. The largest absolute Gasteiger partial charge is 0.485 e. The van der Waals surface area contributed by atoms with Gasteiger partial charge in [0.2, 0.25) is 6.10 Å². The van der Waals surface area contributed by atoms with Gasteiger partial charge in [-0.3, -0.25) is 4.79 Å². The van der Waals surface area contributed by atoms with Gasteiger partial charge in [0.1, 0.15) is 6.61 Å². The van der Waals surface area contributed by atoms with Crippen molar-refractivity contribution >= 4 is 17.6 Å². The first-order chi connectivity index (χ1) is 14.2. The van der Waals surface area contributed by atoms with E-state index >= 15 is 0 Å². The molecule has 6 heteroatoms. The van der Waals surface area contributed by atoms with Crippen molar-refractivity contribution in [2.24, 2.45) is 0 Å². The van der Waals surface area contributed by atoms with Gasteiger partial charge in [-0.1, -0.05) is 54.6 Å². The fourth-order valence-corrected chi connectivity index (χ4v) is 2.94. The molecule has 0 bridgehead atoms. The normalized spacial score (nSPS) is 14.7. The van der Waals surface area contributed by atoms with Gasteiger partial charge in [-0.15, -0.1) is 0 Å². The highest BCUT2D eigenvalue weighted by Gasteiger charge is 2.29. The van der Waals surface area contributed by atoms with E-state index in [9.17, 15) is 9.59 Å². The van der Waals surface area contributed by atoms with Crippen molar-refractivity contribution < 1.29 is 23.8 Å². The number of anilines is 1. The van der Waals surface area contributed by atoms with Crippen LogP contribution in [0.2, 0.25) is 0 Å². The Labute approximate surface area is 168 Å². The molecule has 1 aliphatic rings. The summed E-state index contributed by atoms with van der Waals surface area (Å²) < 4.78 is 16.1. The summed E-state index contributed by atoms with van der Waals surface area (Å²) in [4.78, 5) is 24.3. The minimum Gasteiger partial charge on any atom is -0.485 e. The summed E-state index contributed by atoms with van der Waals surface area (Å²) in [5.41, 5.74) is 2.76. The Hall–Kier alpha value is -3.80. The summed E-state index contributed by atoms with van der Waals surface area (Å²) in [6.45, 7) is -0.362. The Morgan fingerprint density at radius 1 is 0.862 bits per heavy atom. The fraction of sp³-hybridized carbons (Fsp3) is 0.130. The summed E-state index contributed by atoms with van der Waals surface area (Å²) in [5.74, 6) is -0.0195. The monoisotopic (exact) mass is 389 g/mol. The first kappa shape index (κ1) is 18.6. The van der Waals surface area contributed by atoms with Crippen molar-refractivity contribution in [2.45, 2.75) is 6.10 Å². The summed E-state index contributed by atoms with van der Waals surface area (Å²) in [6.07, 6.45) is -0.900. The molecule has 0 fully saturated rings. The van der Waals surface area contributed by atoms with E-state index in [2.05, 4.69) is 5.32 Å². The van der Waals surface area contributed by atoms with Crippen molar-refractivity contribution in [1.29, 1.82) is 0 Å². The van der Waals surface area contributed by atoms with Crippen LogP contribution >= 0.6 is 0 Å². The van der Waals surface area contributed by atoms with Crippen LogP contribution in [0.4, 0.5) is 5.69 Å². The van der Waals surface area contributed by atoms with Gasteiger partial charge in [-0.25, -0.2) is 4.79 Å². The maximum absolute atomic E-state index is 12.2. The highest BCUT2D eigenvalue weighted by Crippen LogP contribution is 2.31. The second-order valence-electron chi connectivity index (χ2n) is 6.46. The van der Waals surface area contributed by atoms with Crippen LogP contribution < -0.4 is 14.8 Å². The highest BCUT2D eigenvalue weighted by atomic mass is 16.6. The summed E-state index contributed by atoms with van der Waals surface area (Å²) in [6, 6.07) is 24.4. The Morgan fingerprint density at radius 3 is 2.28 bits per heavy atom. The molecule has 1 N–H and O–H groups in total. The van der Waals surface area contributed by atoms with Gasteiger partial charge in [0.15, 0.2) is 18.1 Å². The molecule has 1 amide bonds. The van der Waals surface area contributed by atoms with Gasteiger partial charge in [0.05, 0.1) is 0 Å². The first-order valence-corrected chi connectivity index (χ1v) is 9.19. The van der Waals surface area contributed by atoms with Gasteiger partial charge in [0, 0.05) is 5.69 Å². The predicted molar refractivity (Wildman–Crippen MR) is 108 cm³/mol. The fourth-order valence-electron chi connectivity index (χ4n) is 2.94. The number of ether oxygens (including phenoxy) is 3. The highest BCUT2D eigenvalue weighted by molar-refractivity contribution is 5.93. The van der Waals surface area contributed by atoms with Crippen LogP contribution in [0.5, 0.6) is 11.5 Å². The molecule has 1 heterocycles. The lowest BCUT2D eigenvalue weighted by atomic mass is 10.1. The predicted octanol–water partition coefficient (Wildman–Crippen LogP) is 3.68. The third-order valence-corrected chi connectivity index (χ3v) is 4.39. The molecule has 0 radical (unpaired) electrons. The Bertz CT molecular complexity index is 1000. The van der Waals surface area contributed by atoms with E-state index in [1.54, 1.807) is 30.3 Å². The molecule has 0 aromatic heterocycles. The maximum Gasteiger partial charge on any atom is 0.351 e. The molecule has 1 aliphatic heterocycles. The zero-order chi connectivity index (χ0) is 20.1. The zero-order valence-electron chi connectivity index (χ0n) is 15.5. The molecule has 0 spiro atoms. The van der Waals surface area contributed by atoms with Crippen molar-refractivity contribution in [3.8, 4) is 22.6 Å². The quantitative estimate of drug-likeness (QED) is 0.674. The number of carbonyl (C=O) groups excluding carboxylic acids is 2. The zero-order valence-corrected chi connectivity index (χ0v) is 15.5. The maximum atomic E-state index is 12.2. The van der Waals surface area contributed by atoms with Crippen LogP contribution in [0.3, 0.4) is 0 Å². The third-order valence-electron chi connectivity index (χ3n) is 4.39. The van der Waals surface area contributed by atoms with E-state index in [-0.39, 0.29) is 6.61 Å². The Balaban J connectivity index is 1.27. The molecule has 1 atom stereocenters. The molecule has 146 valence electrons. The van der Waals surface area contributed by atoms with E-state index in [1.807, 2.05) is 48.5 Å². The molecular weight excluding hydrogens is 370 g/mol. The number of esters is 1. The van der Waals surface area contributed by atoms with Crippen molar-refractivity contribution in [2.75, 3.05) is 18.5 Å². The second kappa shape index (κ2) is 8.48. The molecule has 3 aromatic carbocycles. The smallest absolute Gasteiger partial charge is 0.351 e. The molecule has 0 saturated heterocycles. The van der Waals surface area contributed by atoms with Crippen molar-refractivity contribution in [1.82, 2.24) is 0 Å². The van der Waals surface area contributed by atoms with Crippen molar-refractivity contribution in [3.63, 3.8) is 0 Å². The van der Waals surface area contributed by atoms with Gasteiger partial charge < -0.3 is 19.5 Å². The molecule has 4 rings (SSSR count). The molecule has 0 unspecified atom stereocenters. The number of carbonyl (C=O) groups is 2. The lowest BCUT2D eigenvalue weighted by Crippen LogP contribution is -2.39. The van der Waals surface area contributed by atoms with Crippen LogP contribution in [0.15, 0.2) is 78.9 Å². The number of amides is 1. The van der Waals surface area contributed by atoms with E-state index in [1.165, 1.54) is 0 Å². The average Bonchev–Trinajstić information content (AvgIpc) is 2.78. The van der Waals surface area contributed by atoms with Crippen LogP contribution in [-0.4, -0.2) is 31.2 Å². The SMILES string of the molecule is O=C(COC(=O)[C@H]1COc2ccccc2O1)Nc1ccc(-c2ccccc2)cc1. The van der Waals surface area contributed by atoms with Crippen LogP contribution in [0.25, 0.3) is 11.1 Å². The number of fused-ring (bicyclic) bond motifs is 1. The van der Waals surface area contributed by atoms with Gasteiger partial charge in [-0.2, -0.15) is 0 Å². The van der Waals surface area contributed by atoms with Crippen LogP contribution in [-0.2, 0) is 14.3 Å². The molecular formula is C23H19NO5. The van der Waals surface area contributed by atoms with E-state index in [0.717, 1.165) is 11.1 Å². The van der Waals surface area contributed by atoms with Gasteiger partial charge >= 0.3 is 5.97 Å². The average molecular weight is 389 g/mol. The second-order valence-corrected chi connectivity index (χ2v) is 6.46.